The molecule has 1 saturated heterocycles. The Morgan fingerprint density at radius 2 is 2.05 bits per heavy atom. The number of carbonyl (C=O) groups excluding carboxylic acids is 1. The highest BCUT2D eigenvalue weighted by Gasteiger charge is 2.34. The highest BCUT2D eigenvalue weighted by molar-refractivity contribution is 5.89. The van der Waals surface area contributed by atoms with Crippen LogP contribution in [0.3, 0.4) is 0 Å². The van der Waals surface area contributed by atoms with Crippen LogP contribution in [-0.2, 0) is 0 Å². The van der Waals surface area contributed by atoms with E-state index >= 15 is 0 Å². The zero-order valence-corrected chi connectivity index (χ0v) is 12.1. The second kappa shape index (κ2) is 6.43. The van der Waals surface area contributed by atoms with Crippen molar-refractivity contribution in [1.29, 1.82) is 0 Å². The predicted octanol–water partition coefficient (Wildman–Crippen LogP) is 2.82. The molecule has 1 heterocycles. The van der Waals surface area contributed by atoms with Gasteiger partial charge in [0.25, 0.3) is 0 Å². The highest BCUT2D eigenvalue weighted by atomic mass is 19.1. The zero-order valence-electron chi connectivity index (χ0n) is 12.1. The van der Waals surface area contributed by atoms with Gasteiger partial charge in [-0.2, -0.15) is 0 Å². The lowest BCUT2D eigenvalue weighted by Gasteiger charge is -2.30. The number of urea groups is 1. The van der Waals surface area contributed by atoms with Gasteiger partial charge in [0.2, 0.25) is 0 Å². The number of carbonyl (C=O) groups is 1. The molecule has 1 aromatic rings. The topological polar surface area (TPSA) is 44.4 Å². The molecule has 0 unspecified atom stereocenters. The van der Waals surface area contributed by atoms with Crippen molar-refractivity contribution >= 4 is 11.7 Å². The average Bonchev–Trinajstić information content (AvgIpc) is 3.30. The molecule has 1 aliphatic carbocycles. The van der Waals surface area contributed by atoms with Gasteiger partial charge in [-0.1, -0.05) is 6.07 Å². The Morgan fingerprint density at radius 3 is 2.71 bits per heavy atom. The first-order chi connectivity index (χ1) is 10.2. The summed E-state index contributed by atoms with van der Waals surface area (Å²) in [5, 5.41) is 6.17. The molecule has 114 valence electrons. The van der Waals surface area contributed by atoms with E-state index in [4.69, 9.17) is 0 Å². The number of nitrogens with one attached hydrogen (secondary N) is 2. The predicted molar refractivity (Wildman–Crippen MR) is 80.7 cm³/mol. The molecule has 0 bridgehead atoms. The van der Waals surface area contributed by atoms with E-state index in [0.717, 1.165) is 45.3 Å². The minimum Gasteiger partial charge on any atom is -0.321 e. The van der Waals surface area contributed by atoms with E-state index in [1.54, 1.807) is 12.1 Å². The Kier molecular flexibility index (Phi) is 4.39. The molecule has 1 saturated carbocycles. The number of rotatable bonds is 4. The maximum atomic E-state index is 13.2. The minimum atomic E-state index is -0.330. The third kappa shape index (κ3) is 3.94. The molecule has 21 heavy (non-hydrogen) atoms. The van der Waals surface area contributed by atoms with Gasteiger partial charge in [-0.15, -0.1) is 0 Å². The van der Waals surface area contributed by atoms with Crippen LogP contribution in [-0.4, -0.2) is 36.6 Å². The zero-order chi connectivity index (χ0) is 14.7. The van der Waals surface area contributed by atoms with Gasteiger partial charge >= 0.3 is 6.03 Å². The quantitative estimate of drug-likeness (QED) is 0.896. The molecular weight excluding hydrogens is 269 g/mol. The van der Waals surface area contributed by atoms with E-state index in [1.807, 2.05) is 4.90 Å². The first kappa shape index (κ1) is 14.3. The number of nitrogens with zero attached hydrogens (tertiary/aromatic N) is 1. The summed E-state index contributed by atoms with van der Waals surface area (Å²) in [5.74, 6) is 0.245. The number of piperidine rings is 1. The molecule has 3 rings (SSSR count). The van der Waals surface area contributed by atoms with Crippen molar-refractivity contribution in [2.75, 3.05) is 25.0 Å². The van der Waals surface area contributed by atoms with Crippen molar-refractivity contribution in [3.8, 4) is 0 Å². The third-order valence-electron chi connectivity index (χ3n) is 4.24. The standard InChI is InChI=1S/C16H22FN3O/c17-13-2-1-3-14(10-13)19-16(21)20(15-4-5-15)11-12-6-8-18-9-7-12/h1-3,10,12,15,18H,4-9,11H2,(H,19,21). The van der Waals surface area contributed by atoms with Crippen LogP contribution in [0.2, 0.25) is 0 Å². The average molecular weight is 291 g/mol. The molecule has 2 aliphatic rings. The number of hydrogen-bond acceptors (Lipinski definition) is 2. The van der Waals surface area contributed by atoms with Crippen LogP contribution in [0.4, 0.5) is 14.9 Å². The van der Waals surface area contributed by atoms with Gasteiger partial charge in [0.15, 0.2) is 0 Å². The smallest absolute Gasteiger partial charge is 0.321 e. The number of amides is 2. The lowest BCUT2D eigenvalue weighted by Crippen LogP contribution is -2.42. The molecule has 1 aromatic carbocycles. The van der Waals surface area contributed by atoms with Crippen molar-refractivity contribution in [2.45, 2.75) is 31.7 Å². The molecule has 0 spiro atoms. The Hall–Kier alpha value is -1.62. The van der Waals surface area contributed by atoms with Crippen LogP contribution in [0.1, 0.15) is 25.7 Å². The maximum Gasteiger partial charge on any atom is 0.322 e. The summed E-state index contributed by atoms with van der Waals surface area (Å²) in [6.45, 7) is 2.89. The lowest BCUT2D eigenvalue weighted by molar-refractivity contribution is 0.188. The fourth-order valence-corrected chi connectivity index (χ4v) is 2.89. The van der Waals surface area contributed by atoms with Gasteiger partial charge in [0.05, 0.1) is 0 Å². The Bertz CT molecular complexity index is 498. The first-order valence-electron chi connectivity index (χ1n) is 7.76. The molecule has 2 fully saturated rings. The van der Waals surface area contributed by atoms with E-state index in [9.17, 15) is 9.18 Å². The lowest BCUT2D eigenvalue weighted by atomic mass is 9.97. The molecule has 1 aliphatic heterocycles. The van der Waals surface area contributed by atoms with Gasteiger partial charge in [0.1, 0.15) is 5.82 Å². The van der Waals surface area contributed by atoms with E-state index in [0.29, 0.717) is 17.6 Å². The maximum absolute atomic E-state index is 13.2. The van der Waals surface area contributed by atoms with Crippen LogP contribution < -0.4 is 10.6 Å². The molecule has 0 radical (unpaired) electrons. The van der Waals surface area contributed by atoms with E-state index in [-0.39, 0.29) is 11.8 Å². The molecular formula is C16H22FN3O. The van der Waals surface area contributed by atoms with Crippen molar-refractivity contribution in [1.82, 2.24) is 10.2 Å². The molecule has 5 heteroatoms. The summed E-state index contributed by atoms with van der Waals surface area (Å²) in [7, 11) is 0. The molecule has 0 aromatic heterocycles. The van der Waals surface area contributed by atoms with Crippen LogP contribution >= 0.6 is 0 Å². The SMILES string of the molecule is O=C(Nc1cccc(F)c1)N(CC1CCNCC1)C1CC1. The summed E-state index contributed by atoms with van der Waals surface area (Å²) in [6.07, 6.45) is 4.41. The summed E-state index contributed by atoms with van der Waals surface area (Å²) in [6, 6.07) is 6.34. The monoisotopic (exact) mass is 291 g/mol. The summed E-state index contributed by atoms with van der Waals surface area (Å²) in [4.78, 5) is 14.4. The number of benzene rings is 1. The third-order valence-corrected chi connectivity index (χ3v) is 4.24. The van der Waals surface area contributed by atoms with Crippen LogP contribution in [0.15, 0.2) is 24.3 Å². The Balaban J connectivity index is 1.61. The fourth-order valence-electron chi connectivity index (χ4n) is 2.89. The van der Waals surface area contributed by atoms with Crippen LogP contribution in [0.5, 0.6) is 0 Å². The molecule has 0 atom stereocenters. The molecule has 2 N–H and O–H groups in total. The second-order valence-corrected chi connectivity index (χ2v) is 6.02. The van der Waals surface area contributed by atoms with Gasteiger partial charge in [-0.3, -0.25) is 0 Å². The Labute approximate surface area is 124 Å². The number of hydrogen-bond donors (Lipinski definition) is 2. The van der Waals surface area contributed by atoms with Crippen molar-refractivity contribution in [3.05, 3.63) is 30.1 Å². The molecule has 2 amide bonds. The van der Waals surface area contributed by atoms with Gasteiger partial charge in [-0.25, -0.2) is 9.18 Å². The van der Waals surface area contributed by atoms with E-state index < -0.39 is 0 Å². The normalized spacial score (nSPS) is 19.3. The van der Waals surface area contributed by atoms with Gasteiger partial charge in [0, 0.05) is 18.3 Å². The summed E-state index contributed by atoms with van der Waals surface area (Å²) >= 11 is 0. The minimum absolute atomic E-state index is 0.0957. The highest BCUT2D eigenvalue weighted by Crippen LogP contribution is 2.29. The largest absolute Gasteiger partial charge is 0.322 e. The van der Waals surface area contributed by atoms with Gasteiger partial charge < -0.3 is 15.5 Å². The first-order valence-corrected chi connectivity index (χ1v) is 7.76. The van der Waals surface area contributed by atoms with Crippen molar-refractivity contribution in [2.24, 2.45) is 5.92 Å². The van der Waals surface area contributed by atoms with Crippen molar-refractivity contribution < 1.29 is 9.18 Å². The molecule has 4 nitrogen and oxygen atoms in total. The number of halogens is 1. The summed E-state index contributed by atoms with van der Waals surface area (Å²) in [5.41, 5.74) is 0.524. The van der Waals surface area contributed by atoms with Crippen LogP contribution in [0, 0.1) is 11.7 Å². The number of anilines is 1. The van der Waals surface area contributed by atoms with Crippen molar-refractivity contribution in [3.63, 3.8) is 0 Å². The van der Waals surface area contributed by atoms with Crippen LogP contribution in [0.25, 0.3) is 0 Å². The Morgan fingerprint density at radius 1 is 1.29 bits per heavy atom. The second-order valence-electron chi connectivity index (χ2n) is 6.02. The van der Waals surface area contributed by atoms with E-state index in [1.165, 1.54) is 12.1 Å². The van der Waals surface area contributed by atoms with E-state index in [2.05, 4.69) is 10.6 Å². The van der Waals surface area contributed by atoms with Gasteiger partial charge in [-0.05, 0) is 62.9 Å². The summed E-state index contributed by atoms with van der Waals surface area (Å²) < 4.78 is 13.2. The fraction of sp³-hybridized carbons (Fsp3) is 0.562.